The summed E-state index contributed by atoms with van der Waals surface area (Å²) in [6, 6.07) is 4.37. The van der Waals surface area contributed by atoms with Crippen molar-refractivity contribution in [2.24, 2.45) is 0 Å². The fraction of sp³-hybridized carbons (Fsp3) is 0.381. The molecule has 2 atom stereocenters. The van der Waals surface area contributed by atoms with Gasteiger partial charge in [0.1, 0.15) is 41.5 Å². The van der Waals surface area contributed by atoms with Gasteiger partial charge in [0.25, 0.3) is 0 Å². The van der Waals surface area contributed by atoms with Gasteiger partial charge in [-0.2, -0.15) is 0 Å². The zero-order valence-electron chi connectivity index (χ0n) is 16.3. The maximum atomic E-state index is 14.2. The largest absolute Gasteiger partial charge is 0.490 e. The molecule has 0 saturated carbocycles. The van der Waals surface area contributed by atoms with Crippen molar-refractivity contribution >= 4 is 28.9 Å². The Bertz CT molecular complexity index is 1040. The molecule has 1 amide bonds. The maximum Gasteiger partial charge on any atom is 0.224 e. The molecule has 166 valence electrons. The standard InChI is InChI=1S/C21H20ClF3N2O4/c22-12-7-15(25)16(8-14(12)24)27-6-5-21(30,18(28)9-27)10-31-17-3-2-13(23)20-11(17)1-4-19(29)26-20/h2-3,7-8,18,28,30H,1,4-6,9-10H2,(H,26,29). The minimum atomic E-state index is -1.66. The molecule has 31 heavy (non-hydrogen) atoms. The highest BCUT2D eigenvalue weighted by molar-refractivity contribution is 6.30. The maximum absolute atomic E-state index is 14.2. The van der Waals surface area contributed by atoms with E-state index in [0.717, 1.165) is 18.2 Å². The van der Waals surface area contributed by atoms with Crippen molar-refractivity contribution in [3.63, 3.8) is 0 Å². The zero-order chi connectivity index (χ0) is 22.3. The van der Waals surface area contributed by atoms with Gasteiger partial charge >= 0.3 is 0 Å². The van der Waals surface area contributed by atoms with Crippen LogP contribution in [0.1, 0.15) is 18.4 Å². The van der Waals surface area contributed by atoms with Gasteiger partial charge in [0, 0.05) is 31.1 Å². The average molecular weight is 457 g/mol. The molecular formula is C21H20ClF3N2O4. The highest BCUT2D eigenvalue weighted by Gasteiger charge is 2.42. The first kappa shape index (κ1) is 21.7. The van der Waals surface area contributed by atoms with Crippen molar-refractivity contribution in [3.8, 4) is 5.75 Å². The predicted octanol–water partition coefficient (Wildman–Crippen LogP) is 3.02. The first-order valence-electron chi connectivity index (χ1n) is 9.72. The topological polar surface area (TPSA) is 82.0 Å². The third-order valence-electron chi connectivity index (χ3n) is 5.72. The third-order valence-corrected chi connectivity index (χ3v) is 6.01. The summed E-state index contributed by atoms with van der Waals surface area (Å²) in [6.45, 7) is -0.326. The lowest BCUT2D eigenvalue weighted by molar-refractivity contribution is -0.116. The van der Waals surface area contributed by atoms with E-state index in [2.05, 4.69) is 5.32 Å². The summed E-state index contributed by atoms with van der Waals surface area (Å²) in [5.41, 5.74) is -1.19. The molecule has 2 aromatic rings. The van der Waals surface area contributed by atoms with E-state index in [1.54, 1.807) is 0 Å². The number of benzene rings is 2. The van der Waals surface area contributed by atoms with Crippen LogP contribution in [0.15, 0.2) is 24.3 Å². The summed E-state index contributed by atoms with van der Waals surface area (Å²) >= 11 is 5.58. The van der Waals surface area contributed by atoms with Crippen molar-refractivity contribution in [1.82, 2.24) is 0 Å². The van der Waals surface area contributed by atoms with Crippen LogP contribution in [-0.4, -0.2) is 47.5 Å². The monoisotopic (exact) mass is 456 g/mol. The molecule has 0 aromatic heterocycles. The summed E-state index contributed by atoms with van der Waals surface area (Å²) in [5.74, 6) is -2.11. The fourth-order valence-electron chi connectivity index (χ4n) is 3.87. The second-order valence-electron chi connectivity index (χ2n) is 7.77. The normalized spacial score (nSPS) is 23.4. The highest BCUT2D eigenvalue weighted by atomic mass is 35.5. The molecule has 6 nitrogen and oxygen atoms in total. The van der Waals surface area contributed by atoms with Gasteiger partial charge in [-0.15, -0.1) is 0 Å². The number of β-amino-alcohol motifs (C(OH)–C–C–N with tert-alkyl or cyclic N) is 1. The number of piperidine rings is 1. The van der Waals surface area contributed by atoms with Gasteiger partial charge in [-0.05, 0) is 31.0 Å². The van der Waals surface area contributed by atoms with Crippen molar-refractivity contribution in [2.75, 3.05) is 29.9 Å². The van der Waals surface area contributed by atoms with Crippen LogP contribution in [-0.2, 0) is 11.2 Å². The van der Waals surface area contributed by atoms with Crippen LogP contribution in [0.2, 0.25) is 5.02 Å². The van der Waals surface area contributed by atoms with E-state index in [-0.39, 0.29) is 61.3 Å². The summed E-state index contributed by atoms with van der Waals surface area (Å²) < 4.78 is 47.7. The first-order valence-corrected chi connectivity index (χ1v) is 10.1. The van der Waals surface area contributed by atoms with Gasteiger partial charge in [0.2, 0.25) is 5.91 Å². The number of nitrogens with zero attached hydrogens (tertiary/aromatic N) is 1. The lowest BCUT2D eigenvalue weighted by atomic mass is 9.89. The van der Waals surface area contributed by atoms with Gasteiger partial charge in [0.15, 0.2) is 0 Å². The number of hydrogen-bond acceptors (Lipinski definition) is 5. The lowest BCUT2D eigenvalue weighted by Crippen LogP contribution is -2.58. The summed E-state index contributed by atoms with van der Waals surface area (Å²) in [4.78, 5) is 13.0. The smallest absolute Gasteiger partial charge is 0.224 e. The number of halogens is 4. The Balaban J connectivity index is 1.47. The lowest BCUT2D eigenvalue weighted by Gasteiger charge is -2.42. The van der Waals surface area contributed by atoms with Crippen LogP contribution in [0.3, 0.4) is 0 Å². The van der Waals surface area contributed by atoms with E-state index in [4.69, 9.17) is 16.3 Å². The quantitative estimate of drug-likeness (QED) is 0.616. The second-order valence-corrected chi connectivity index (χ2v) is 8.18. The molecule has 0 aliphatic carbocycles. The van der Waals surface area contributed by atoms with Crippen LogP contribution in [0, 0.1) is 17.5 Å². The van der Waals surface area contributed by atoms with Crippen LogP contribution in [0.25, 0.3) is 0 Å². The minimum Gasteiger partial charge on any atom is -0.490 e. The predicted molar refractivity (Wildman–Crippen MR) is 108 cm³/mol. The number of aliphatic hydroxyl groups is 2. The molecule has 0 bridgehead atoms. The third kappa shape index (κ3) is 4.17. The van der Waals surface area contributed by atoms with E-state index in [0.29, 0.717) is 11.3 Å². The number of carbonyl (C=O) groups excluding carboxylic acids is 1. The van der Waals surface area contributed by atoms with Gasteiger partial charge < -0.3 is 25.2 Å². The Hall–Kier alpha value is -2.49. The fourth-order valence-corrected chi connectivity index (χ4v) is 4.02. The molecule has 2 unspecified atom stereocenters. The van der Waals surface area contributed by atoms with Crippen molar-refractivity contribution in [3.05, 3.63) is 52.3 Å². The number of carbonyl (C=O) groups is 1. The van der Waals surface area contributed by atoms with E-state index >= 15 is 0 Å². The molecule has 2 heterocycles. The Kier molecular flexibility index (Phi) is 5.76. The summed E-state index contributed by atoms with van der Waals surface area (Å²) in [6.07, 6.45) is -0.851. The molecule has 0 spiro atoms. The SMILES string of the molecule is O=C1CCc2c(OCC3(O)CCN(c4cc(F)c(Cl)cc4F)CC3O)ccc(F)c2N1. The molecule has 10 heteroatoms. The molecule has 1 saturated heterocycles. The number of rotatable bonds is 4. The number of fused-ring (bicyclic) bond motifs is 1. The Morgan fingerprint density at radius 3 is 2.71 bits per heavy atom. The number of aliphatic hydroxyl groups excluding tert-OH is 1. The van der Waals surface area contributed by atoms with E-state index in [9.17, 15) is 28.2 Å². The van der Waals surface area contributed by atoms with Crippen LogP contribution < -0.4 is 15.0 Å². The van der Waals surface area contributed by atoms with E-state index in [1.807, 2.05) is 0 Å². The Labute approximate surface area is 181 Å². The molecule has 2 aromatic carbocycles. The summed E-state index contributed by atoms with van der Waals surface area (Å²) in [7, 11) is 0. The van der Waals surface area contributed by atoms with Crippen molar-refractivity contribution in [2.45, 2.75) is 31.0 Å². The number of ether oxygens (including phenoxy) is 1. The van der Waals surface area contributed by atoms with Crippen molar-refractivity contribution < 1.29 is 32.9 Å². The molecule has 4 rings (SSSR count). The Morgan fingerprint density at radius 1 is 1.19 bits per heavy atom. The average Bonchev–Trinajstić information content (AvgIpc) is 2.73. The highest BCUT2D eigenvalue weighted by Crippen LogP contribution is 2.35. The molecule has 2 aliphatic rings. The molecular weight excluding hydrogens is 437 g/mol. The van der Waals surface area contributed by atoms with Gasteiger partial charge in [-0.25, -0.2) is 13.2 Å². The second kappa shape index (κ2) is 8.22. The number of amides is 1. The van der Waals surface area contributed by atoms with Gasteiger partial charge in [-0.3, -0.25) is 4.79 Å². The Morgan fingerprint density at radius 2 is 1.97 bits per heavy atom. The van der Waals surface area contributed by atoms with Crippen molar-refractivity contribution in [1.29, 1.82) is 0 Å². The number of anilines is 2. The number of hydrogen-bond donors (Lipinski definition) is 3. The molecule has 3 N–H and O–H groups in total. The zero-order valence-corrected chi connectivity index (χ0v) is 17.1. The minimum absolute atomic E-state index is 0.0119. The molecule has 0 radical (unpaired) electrons. The summed E-state index contributed by atoms with van der Waals surface area (Å²) in [5, 5.41) is 23.6. The molecule has 2 aliphatic heterocycles. The van der Waals surface area contributed by atoms with E-state index in [1.165, 1.54) is 11.0 Å². The van der Waals surface area contributed by atoms with Crippen LogP contribution in [0.5, 0.6) is 5.75 Å². The van der Waals surface area contributed by atoms with Crippen LogP contribution in [0.4, 0.5) is 24.5 Å². The first-order chi connectivity index (χ1) is 14.7. The molecule has 1 fully saturated rings. The van der Waals surface area contributed by atoms with Crippen LogP contribution >= 0.6 is 11.6 Å². The van der Waals surface area contributed by atoms with Gasteiger partial charge in [-0.1, -0.05) is 11.6 Å². The van der Waals surface area contributed by atoms with Gasteiger partial charge in [0.05, 0.1) is 16.4 Å². The van der Waals surface area contributed by atoms with E-state index < -0.39 is 29.2 Å². The number of nitrogens with one attached hydrogen (secondary N) is 1.